The van der Waals surface area contributed by atoms with Crippen molar-refractivity contribution in [3.8, 4) is 0 Å². The van der Waals surface area contributed by atoms with Gasteiger partial charge in [-0.25, -0.2) is 0 Å². The van der Waals surface area contributed by atoms with Gasteiger partial charge in [-0.15, -0.1) is 0 Å². The predicted molar refractivity (Wildman–Crippen MR) is 136 cm³/mol. The average Bonchev–Trinajstić information content (AvgIpc) is 2.84. The molecule has 5 aromatic carbocycles. The van der Waals surface area contributed by atoms with E-state index in [1.54, 1.807) is 12.1 Å². The van der Waals surface area contributed by atoms with Gasteiger partial charge in [-0.3, -0.25) is 4.79 Å². The Hall–Kier alpha value is -3.62. The standard InChI is InChI=1S/C30H23ClO2/c1-30(29(32)33,22-16-18-23(31)19-17-22)28(26-14-6-10-20-8-2-4-12-24(20)26)27-15-7-11-21-9-3-5-13-25(21)27/h2-19,28H,1H3,(H,32,33)/t30-/m0/s1. The molecule has 2 nitrogen and oxygen atoms in total. The van der Waals surface area contributed by atoms with Gasteiger partial charge in [0.25, 0.3) is 0 Å². The highest BCUT2D eigenvalue weighted by atomic mass is 35.5. The average molecular weight is 451 g/mol. The second-order valence-electron chi connectivity index (χ2n) is 8.58. The van der Waals surface area contributed by atoms with E-state index < -0.39 is 17.3 Å². The molecule has 1 N–H and O–H groups in total. The molecule has 0 aliphatic rings. The van der Waals surface area contributed by atoms with Crippen molar-refractivity contribution < 1.29 is 9.90 Å². The normalized spacial score (nSPS) is 13.3. The van der Waals surface area contributed by atoms with Crippen LogP contribution in [-0.2, 0) is 10.2 Å². The van der Waals surface area contributed by atoms with Crippen LogP contribution in [0.4, 0.5) is 0 Å². The highest BCUT2D eigenvalue weighted by molar-refractivity contribution is 6.30. The van der Waals surface area contributed by atoms with E-state index in [0.29, 0.717) is 10.6 Å². The SMILES string of the molecule is C[C@](C(=O)O)(c1ccc(Cl)cc1)C(c1cccc2ccccc12)c1cccc2ccccc12. The van der Waals surface area contributed by atoms with E-state index in [9.17, 15) is 9.90 Å². The third kappa shape index (κ3) is 3.57. The Labute approximate surface area is 198 Å². The molecule has 0 unspecified atom stereocenters. The molecular formula is C30H23ClO2. The molecular weight excluding hydrogens is 428 g/mol. The van der Waals surface area contributed by atoms with Crippen LogP contribution in [0, 0.1) is 0 Å². The maximum atomic E-state index is 13.1. The van der Waals surface area contributed by atoms with Crippen molar-refractivity contribution in [3.63, 3.8) is 0 Å². The minimum absolute atomic E-state index is 0.437. The first kappa shape index (κ1) is 21.2. The number of hydrogen-bond donors (Lipinski definition) is 1. The molecule has 1 atom stereocenters. The lowest BCUT2D eigenvalue weighted by molar-refractivity contribution is -0.143. The van der Waals surface area contributed by atoms with Crippen LogP contribution >= 0.6 is 11.6 Å². The van der Waals surface area contributed by atoms with Gasteiger partial charge in [0.15, 0.2) is 0 Å². The molecule has 0 amide bonds. The van der Waals surface area contributed by atoms with E-state index in [2.05, 4.69) is 48.5 Å². The van der Waals surface area contributed by atoms with Crippen molar-refractivity contribution in [2.75, 3.05) is 0 Å². The molecule has 0 heterocycles. The number of halogens is 1. The number of benzene rings is 5. The van der Waals surface area contributed by atoms with E-state index >= 15 is 0 Å². The highest BCUT2D eigenvalue weighted by Gasteiger charge is 2.45. The van der Waals surface area contributed by atoms with Crippen molar-refractivity contribution >= 4 is 39.1 Å². The Kier molecular flexibility index (Phi) is 5.39. The third-order valence-corrected chi connectivity index (χ3v) is 6.99. The van der Waals surface area contributed by atoms with Crippen molar-refractivity contribution in [1.29, 1.82) is 0 Å². The third-order valence-electron chi connectivity index (χ3n) is 6.73. The molecule has 0 saturated heterocycles. The summed E-state index contributed by atoms with van der Waals surface area (Å²) in [4.78, 5) is 13.1. The monoisotopic (exact) mass is 450 g/mol. The van der Waals surface area contributed by atoms with Crippen LogP contribution < -0.4 is 0 Å². The Morgan fingerprint density at radius 2 is 1.15 bits per heavy atom. The highest BCUT2D eigenvalue weighted by Crippen LogP contribution is 2.47. The van der Waals surface area contributed by atoms with Gasteiger partial charge in [-0.2, -0.15) is 0 Å². The summed E-state index contributed by atoms with van der Waals surface area (Å²) in [5, 5.41) is 15.6. The predicted octanol–water partition coefficient (Wildman–Crippen LogP) is 7.82. The van der Waals surface area contributed by atoms with Crippen LogP contribution in [0.3, 0.4) is 0 Å². The molecule has 0 bridgehead atoms. The fraction of sp³-hybridized carbons (Fsp3) is 0.100. The Balaban J connectivity index is 1.90. The van der Waals surface area contributed by atoms with Crippen LogP contribution in [0.1, 0.15) is 29.5 Å². The van der Waals surface area contributed by atoms with Crippen molar-refractivity contribution in [2.24, 2.45) is 0 Å². The van der Waals surface area contributed by atoms with Gasteiger partial charge >= 0.3 is 5.97 Å². The molecule has 0 saturated carbocycles. The Morgan fingerprint density at radius 1 is 0.697 bits per heavy atom. The van der Waals surface area contributed by atoms with E-state index in [4.69, 9.17) is 11.6 Å². The summed E-state index contributed by atoms with van der Waals surface area (Å²) in [6.07, 6.45) is 0. The van der Waals surface area contributed by atoms with Gasteiger partial charge in [0.2, 0.25) is 0 Å². The number of aliphatic carboxylic acids is 1. The topological polar surface area (TPSA) is 37.3 Å². The summed E-state index contributed by atoms with van der Waals surface area (Å²) < 4.78 is 0. The fourth-order valence-electron chi connectivity index (χ4n) is 5.00. The van der Waals surface area contributed by atoms with E-state index in [1.807, 2.05) is 55.5 Å². The summed E-state index contributed by atoms with van der Waals surface area (Å²) in [5.41, 5.74) is 1.46. The number of carboxylic acids is 1. The lowest BCUT2D eigenvalue weighted by Gasteiger charge is -2.36. The van der Waals surface area contributed by atoms with E-state index in [-0.39, 0.29) is 0 Å². The van der Waals surface area contributed by atoms with Crippen LogP contribution in [0.2, 0.25) is 5.02 Å². The second kappa shape index (κ2) is 8.38. The van der Waals surface area contributed by atoms with Crippen molar-refractivity contribution in [2.45, 2.75) is 18.3 Å². The van der Waals surface area contributed by atoms with Gasteiger partial charge < -0.3 is 5.11 Å². The summed E-state index contributed by atoms with van der Waals surface area (Å²) in [6, 6.07) is 35.8. The molecule has 0 aliphatic carbocycles. The number of fused-ring (bicyclic) bond motifs is 2. The van der Waals surface area contributed by atoms with Crippen LogP contribution in [0.15, 0.2) is 109 Å². The van der Waals surface area contributed by atoms with Crippen LogP contribution in [-0.4, -0.2) is 11.1 Å². The number of carbonyl (C=O) groups is 1. The van der Waals surface area contributed by atoms with Crippen LogP contribution in [0.5, 0.6) is 0 Å². The summed E-state index contributed by atoms with van der Waals surface area (Å²) >= 11 is 6.16. The van der Waals surface area contributed by atoms with Gasteiger partial charge in [0, 0.05) is 10.9 Å². The first-order valence-electron chi connectivity index (χ1n) is 10.9. The fourth-order valence-corrected chi connectivity index (χ4v) is 5.13. The molecule has 5 rings (SSSR count). The maximum Gasteiger partial charge on any atom is 0.314 e. The maximum absolute atomic E-state index is 13.1. The van der Waals surface area contributed by atoms with Crippen molar-refractivity contribution in [1.82, 2.24) is 0 Å². The first-order chi connectivity index (χ1) is 16.0. The molecule has 0 fully saturated rings. The zero-order chi connectivity index (χ0) is 23.0. The molecule has 3 heteroatoms. The molecule has 0 aliphatic heterocycles. The lowest BCUT2D eigenvalue weighted by atomic mass is 9.65. The second-order valence-corrected chi connectivity index (χ2v) is 9.02. The van der Waals surface area contributed by atoms with Crippen LogP contribution in [0.25, 0.3) is 21.5 Å². The molecule has 0 spiro atoms. The number of hydrogen-bond acceptors (Lipinski definition) is 1. The number of rotatable bonds is 5. The number of carboxylic acid groups (broad SMARTS) is 1. The molecule has 0 radical (unpaired) electrons. The Morgan fingerprint density at radius 3 is 1.64 bits per heavy atom. The van der Waals surface area contributed by atoms with Gasteiger partial charge in [0.05, 0.1) is 0 Å². The minimum atomic E-state index is -1.24. The zero-order valence-corrected chi connectivity index (χ0v) is 19.0. The van der Waals surface area contributed by atoms with Gasteiger partial charge in [0.1, 0.15) is 5.41 Å². The largest absolute Gasteiger partial charge is 0.481 e. The molecule has 0 aromatic heterocycles. The lowest BCUT2D eigenvalue weighted by Crippen LogP contribution is -2.39. The van der Waals surface area contributed by atoms with E-state index in [1.165, 1.54) is 0 Å². The summed E-state index contributed by atoms with van der Waals surface area (Å²) in [5.74, 6) is -1.32. The summed E-state index contributed by atoms with van der Waals surface area (Å²) in [7, 11) is 0. The Bertz CT molecular complexity index is 1380. The quantitative estimate of drug-likeness (QED) is 0.296. The van der Waals surface area contributed by atoms with E-state index in [0.717, 1.165) is 32.7 Å². The zero-order valence-electron chi connectivity index (χ0n) is 18.2. The van der Waals surface area contributed by atoms with Crippen molar-refractivity contribution in [3.05, 3.63) is 131 Å². The minimum Gasteiger partial charge on any atom is -0.481 e. The molecule has 5 aromatic rings. The smallest absolute Gasteiger partial charge is 0.314 e. The summed E-state index contributed by atoms with van der Waals surface area (Å²) in [6.45, 7) is 1.83. The first-order valence-corrected chi connectivity index (χ1v) is 11.3. The molecule has 33 heavy (non-hydrogen) atoms. The van der Waals surface area contributed by atoms with Gasteiger partial charge in [-0.05, 0) is 57.3 Å². The van der Waals surface area contributed by atoms with Gasteiger partial charge in [-0.1, -0.05) is 109 Å². The molecule has 162 valence electrons.